The van der Waals surface area contributed by atoms with Crippen molar-refractivity contribution < 1.29 is 31.1 Å². The van der Waals surface area contributed by atoms with Crippen LogP contribution in [0.1, 0.15) is 47.7 Å². The molecule has 2 saturated heterocycles. The van der Waals surface area contributed by atoms with Gasteiger partial charge < -0.3 is 9.64 Å². The minimum atomic E-state index is -4.68. The molecule has 0 bridgehead atoms. The lowest BCUT2D eigenvalue weighted by Crippen LogP contribution is -2.62. The van der Waals surface area contributed by atoms with E-state index in [1.54, 1.807) is 42.2 Å². The second-order valence-corrected chi connectivity index (χ2v) is 15.2. The molecule has 270 valence electrons. The summed E-state index contributed by atoms with van der Waals surface area (Å²) in [6, 6.07) is 18.1. The van der Waals surface area contributed by atoms with Crippen LogP contribution in [0.4, 0.5) is 13.2 Å². The van der Waals surface area contributed by atoms with Gasteiger partial charge >= 0.3 is 6.18 Å². The lowest BCUT2D eigenvalue weighted by atomic mass is 9.95. The Morgan fingerprint density at radius 1 is 0.940 bits per heavy atom. The molecule has 15 heteroatoms. The number of alkyl halides is 3. The number of carbonyl (C=O) groups is 1. The highest BCUT2D eigenvalue weighted by atomic mass is 35.5. The zero-order chi connectivity index (χ0) is 35.4. The highest BCUT2D eigenvalue weighted by Gasteiger charge is 2.54. The molecular weight excluding hydrogens is 736 g/mol. The molecule has 0 aromatic heterocycles. The van der Waals surface area contributed by atoms with Gasteiger partial charge in [0.15, 0.2) is 5.66 Å². The minimum absolute atomic E-state index is 0. The molecule has 3 atom stereocenters. The van der Waals surface area contributed by atoms with Crippen LogP contribution >= 0.6 is 35.6 Å². The molecule has 50 heavy (non-hydrogen) atoms. The summed E-state index contributed by atoms with van der Waals surface area (Å²) in [4.78, 5) is 18.8. The van der Waals surface area contributed by atoms with Crippen molar-refractivity contribution in [2.75, 3.05) is 51.3 Å². The van der Waals surface area contributed by atoms with Crippen LogP contribution in [-0.4, -0.2) is 81.6 Å². The van der Waals surface area contributed by atoms with E-state index in [1.165, 1.54) is 24.3 Å². The SMILES string of the molecule is CCOc1cc(C#CC(F)(F)F)ccc1C1(C(=O)N2CCN(CCCS(C)(=O)=O)CC2)N[C@H](c2ccc(Cl)cc2)[C@H](c2ccc(Cl)cc2)N1.Cl. The number of halogens is 6. The maximum absolute atomic E-state index is 15.0. The molecule has 0 aliphatic carbocycles. The second kappa shape index (κ2) is 16.5. The molecule has 1 amide bonds. The van der Waals surface area contributed by atoms with Crippen molar-refractivity contribution in [3.8, 4) is 17.6 Å². The average molecular weight is 774 g/mol. The molecule has 8 nitrogen and oxygen atoms in total. The summed E-state index contributed by atoms with van der Waals surface area (Å²) in [5.41, 5.74) is 0.563. The number of nitrogens with zero attached hydrogens (tertiary/aromatic N) is 2. The Hall–Kier alpha value is -3.02. The summed E-state index contributed by atoms with van der Waals surface area (Å²) in [6.07, 6.45) is -2.97. The van der Waals surface area contributed by atoms with Crippen molar-refractivity contribution >= 4 is 51.4 Å². The van der Waals surface area contributed by atoms with Crippen LogP contribution in [0.15, 0.2) is 66.7 Å². The zero-order valence-corrected chi connectivity index (χ0v) is 30.5. The quantitative estimate of drug-likeness (QED) is 0.240. The Bertz CT molecular complexity index is 1760. The zero-order valence-electron chi connectivity index (χ0n) is 27.4. The Morgan fingerprint density at radius 3 is 1.96 bits per heavy atom. The van der Waals surface area contributed by atoms with Crippen LogP contribution in [0.2, 0.25) is 10.0 Å². The first-order valence-corrected chi connectivity index (χ1v) is 18.6. The third-order valence-electron chi connectivity index (χ3n) is 8.54. The van der Waals surface area contributed by atoms with E-state index in [0.717, 1.165) is 11.1 Å². The van der Waals surface area contributed by atoms with Gasteiger partial charge in [-0.15, -0.1) is 12.4 Å². The van der Waals surface area contributed by atoms with Gasteiger partial charge in [-0.25, -0.2) is 8.42 Å². The Balaban J connectivity index is 0.00000562. The fraction of sp³-hybridized carbons (Fsp3) is 0.400. The summed E-state index contributed by atoms with van der Waals surface area (Å²) in [7, 11) is -3.08. The van der Waals surface area contributed by atoms with Gasteiger partial charge in [0.05, 0.1) is 24.4 Å². The summed E-state index contributed by atoms with van der Waals surface area (Å²) in [6.45, 7) is 4.34. The number of nitrogens with one attached hydrogen (secondary N) is 2. The third kappa shape index (κ3) is 9.85. The fourth-order valence-electron chi connectivity index (χ4n) is 6.25. The molecule has 1 unspecified atom stereocenters. The van der Waals surface area contributed by atoms with E-state index in [1.807, 2.05) is 24.3 Å². The summed E-state index contributed by atoms with van der Waals surface area (Å²) in [5, 5.41) is 8.29. The fourth-order valence-corrected chi connectivity index (χ4v) is 7.16. The van der Waals surface area contributed by atoms with Crippen LogP contribution < -0.4 is 15.4 Å². The highest BCUT2D eigenvalue weighted by molar-refractivity contribution is 7.90. The van der Waals surface area contributed by atoms with Gasteiger partial charge in [0.1, 0.15) is 15.6 Å². The Labute approximate surface area is 307 Å². The van der Waals surface area contributed by atoms with Crippen molar-refractivity contribution in [3.05, 3.63) is 99.0 Å². The van der Waals surface area contributed by atoms with Crippen LogP contribution in [-0.2, 0) is 20.3 Å². The van der Waals surface area contributed by atoms with E-state index < -0.39 is 33.8 Å². The number of sulfone groups is 1. The van der Waals surface area contributed by atoms with Crippen LogP contribution in [0.3, 0.4) is 0 Å². The van der Waals surface area contributed by atoms with Crippen LogP contribution in [0.5, 0.6) is 5.75 Å². The molecule has 2 N–H and O–H groups in total. The standard InChI is InChI=1S/C35H37Cl2F3N4O4S.ClH/c1-3-48-30-23-24(15-16-34(38,39)40)5-14-29(30)35(33(45)44-20-18-43(19-21-44)17-4-22-49(2,46)47)41-31(25-6-10-27(36)11-7-25)32(42-35)26-8-12-28(37)13-9-26;/h5-14,23,31-32,41-42H,3-4,17-22H2,1-2H3;1H/t31-,32+,35?;. The molecule has 5 rings (SSSR count). The van der Waals surface area contributed by atoms with E-state index in [9.17, 15) is 26.4 Å². The number of carbonyl (C=O) groups excluding carboxylic acids is 1. The van der Waals surface area contributed by atoms with E-state index in [0.29, 0.717) is 54.8 Å². The lowest BCUT2D eigenvalue weighted by molar-refractivity contribution is -0.141. The van der Waals surface area contributed by atoms with Gasteiger partial charge in [0.25, 0.3) is 5.91 Å². The largest absolute Gasteiger partial charge is 0.493 e. The topological polar surface area (TPSA) is 91.0 Å². The van der Waals surface area contributed by atoms with Crippen molar-refractivity contribution in [1.29, 1.82) is 0 Å². The Kier molecular flexibility index (Phi) is 13.2. The summed E-state index contributed by atoms with van der Waals surface area (Å²) in [5.74, 6) is 3.45. The monoisotopic (exact) mass is 772 g/mol. The number of rotatable bonds is 10. The third-order valence-corrected chi connectivity index (χ3v) is 10.1. The van der Waals surface area contributed by atoms with Gasteiger partial charge in [0, 0.05) is 59.5 Å². The Morgan fingerprint density at radius 2 is 1.48 bits per heavy atom. The predicted molar refractivity (Wildman–Crippen MR) is 191 cm³/mol. The smallest absolute Gasteiger partial charge is 0.458 e. The number of amides is 1. The van der Waals surface area contributed by atoms with E-state index in [-0.39, 0.29) is 42.0 Å². The van der Waals surface area contributed by atoms with Crippen molar-refractivity contribution in [2.45, 2.75) is 37.3 Å². The van der Waals surface area contributed by atoms with E-state index in [4.69, 9.17) is 27.9 Å². The molecule has 2 heterocycles. The van der Waals surface area contributed by atoms with E-state index in [2.05, 4.69) is 21.5 Å². The van der Waals surface area contributed by atoms with Gasteiger partial charge in [-0.05, 0) is 67.4 Å². The summed E-state index contributed by atoms with van der Waals surface area (Å²) < 4.78 is 68.2. The maximum Gasteiger partial charge on any atom is 0.458 e. The average Bonchev–Trinajstić information content (AvgIpc) is 3.45. The number of hydrogen-bond acceptors (Lipinski definition) is 7. The maximum atomic E-state index is 15.0. The van der Waals surface area contributed by atoms with Gasteiger partial charge in [0.2, 0.25) is 0 Å². The predicted octanol–water partition coefficient (Wildman–Crippen LogP) is 6.13. The number of hydrogen-bond donors (Lipinski definition) is 2. The molecule has 0 saturated carbocycles. The first-order chi connectivity index (χ1) is 23.2. The molecule has 0 radical (unpaired) electrons. The van der Waals surface area contributed by atoms with Crippen LogP contribution in [0.25, 0.3) is 0 Å². The number of ether oxygens (including phenoxy) is 1. The molecule has 2 fully saturated rings. The van der Waals surface area contributed by atoms with Crippen LogP contribution in [0, 0.1) is 11.8 Å². The first-order valence-electron chi connectivity index (χ1n) is 15.8. The normalized spacial score (nSPS) is 21.2. The summed E-state index contributed by atoms with van der Waals surface area (Å²) >= 11 is 12.5. The highest BCUT2D eigenvalue weighted by Crippen LogP contribution is 2.45. The van der Waals surface area contributed by atoms with Crippen molar-refractivity contribution in [2.24, 2.45) is 0 Å². The molecular formula is C35H38Cl3F3N4O4S. The van der Waals surface area contributed by atoms with Crippen molar-refractivity contribution in [1.82, 2.24) is 20.4 Å². The molecule has 0 spiro atoms. The molecule has 2 aliphatic heterocycles. The molecule has 3 aromatic rings. The van der Waals surface area contributed by atoms with Gasteiger partial charge in [-0.1, -0.05) is 59.5 Å². The van der Waals surface area contributed by atoms with Gasteiger partial charge in [-0.2, -0.15) is 13.2 Å². The van der Waals surface area contributed by atoms with Crippen molar-refractivity contribution in [3.63, 3.8) is 0 Å². The second-order valence-electron chi connectivity index (χ2n) is 12.1. The first kappa shape index (κ1) is 39.8. The number of benzene rings is 3. The van der Waals surface area contributed by atoms with Gasteiger partial charge in [-0.3, -0.25) is 20.3 Å². The minimum Gasteiger partial charge on any atom is -0.493 e. The number of piperazine rings is 1. The van der Waals surface area contributed by atoms with E-state index >= 15 is 0 Å². The molecule has 2 aliphatic rings. The molecule has 3 aromatic carbocycles. The lowest BCUT2D eigenvalue weighted by Gasteiger charge is -2.40.